The van der Waals surface area contributed by atoms with Crippen LogP contribution in [0.2, 0.25) is 0 Å². The first kappa shape index (κ1) is 13.4. The highest BCUT2D eigenvalue weighted by molar-refractivity contribution is 5.02. The standard InChI is InChI=1S/C16H31N/c1-12(2)15-10-9-13(3)11-16(15,17)14-7-5-4-6-8-14/h12-15H,4-11,17H2,1-3H3. The van der Waals surface area contributed by atoms with Gasteiger partial charge in [-0.3, -0.25) is 0 Å². The summed E-state index contributed by atoms with van der Waals surface area (Å²) in [6.45, 7) is 7.16. The van der Waals surface area contributed by atoms with Crippen LogP contribution in [0.5, 0.6) is 0 Å². The number of hydrogen-bond donors (Lipinski definition) is 1. The Balaban J connectivity index is 2.15. The highest BCUT2D eigenvalue weighted by Gasteiger charge is 2.46. The molecule has 2 aliphatic carbocycles. The van der Waals surface area contributed by atoms with Gasteiger partial charge in [-0.05, 0) is 49.4 Å². The van der Waals surface area contributed by atoms with Gasteiger partial charge >= 0.3 is 0 Å². The second kappa shape index (κ2) is 5.30. The van der Waals surface area contributed by atoms with E-state index < -0.39 is 0 Å². The zero-order valence-corrected chi connectivity index (χ0v) is 12.0. The average molecular weight is 237 g/mol. The third-order valence-electron chi connectivity index (χ3n) is 5.53. The van der Waals surface area contributed by atoms with E-state index in [9.17, 15) is 0 Å². The summed E-state index contributed by atoms with van der Waals surface area (Å²) in [6.07, 6.45) is 11.1. The van der Waals surface area contributed by atoms with Crippen LogP contribution in [-0.4, -0.2) is 5.54 Å². The van der Waals surface area contributed by atoms with E-state index in [2.05, 4.69) is 20.8 Å². The normalized spacial score (nSPS) is 40.8. The Morgan fingerprint density at radius 3 is 2.24 bits per heavy atom. The maximum Gasteiger partial charge on any atom is 0.0216 e. The van der Waals surface area contributed by atoms with Crippen molar-refractivity contribution in [1.29, 1.82) is 0 Å². The summed E-state index contributed by atoms with van der Waals surface area (Å²) in [5, 5.41) is 0. The van der Waals surface area contributed by atoms with Crippen LogP contribution in [0.3, 0.4) is 0 Å². The smallest absolute Gasteiger partial charge is 0.0216 e. The van der Waals surface area contributed by atoms with Gasteiger partial charge in [0.1, 0.15) is 0 Å². The molecule has 0 spiro atoms. The molecule has 2 N–H and O–H groups in total. The van der Waals surface area contributed by atoms with Crippen molar-refractivity contribution < 1.29 is 0 Å². The van der Waals surface area contributed by atoms with Gasteiger partial charge in [-0.15, -0.1) is 0 Å². The molecule has 1 nitrogen and oxygen atoms in total. The van der Waals surface area contributed by atoms with Gasteiger partial charge in [0.25, 0.3) is 0 Å². The summed E-state index contributed by atoms with van der Waals surface area (Å²) >= 11 is 0. The fraction of sp³-hybridized carbons (Fsp3) is 1.00. The summed E-state index contributed by atoms with van der Waals surface area (Å²) in [7, 11) is 0. The molecule has 0 amide bonds. The second-order valence-electron chi connectivity index (χ2n) is 7.18. The molecule has 0 bridgehead atoms. The maximum atomic E-state index is 6.97. The Morgan fingerprint density at radius 2 is 1.65 bits per heavy atom. The molecule has 3 unspecified atom stereocenters. The molecule has 2 saturated carbocycles. The maximum absolute atomic E-state index is 6.97. The van der Waals surface area contributed by atoms with Gasteiger partial charge in [-0.2, -0.15) is 0 Å². The topological polar surface area (TPSA) is 26.0 Å². The third kappa shape index (κ3) is 2.70. The van der Waals surface area contributed by atoms with Crippen LogP contribution < -0.4 is 5.73 Å². The van der Waals surface area contributed by atoms with Crippen molar-refractivity contribution >= 4 is 0 Å². The molecular formula is C16H31N. The molecule has 17 heavy (non-hydrogen) atoms. The van der Waals surface area contributed by atoms with Crippen LogP contribution in [0.4, 0.5) is 0 Å². The van der Waals surface area contributed by atoms with Gasteiger partial charge < -0.3 is 5.73 Å². The van der Waals surface area contributed by atoms with Crippen LogP contribution in [-0.2, 0) is 0 Å². The van der Waals surface area contributed by atoms with Crippen molar-refractivity contribution in [1.82, 2.24) is 0 Å². The van der Waals surface area contributed by atoms with Gasteiger partial charge in [0.2, 0.25) is 0 Å². The first-order valence-electron chi connectivity index (χ1n) is 7.83. The van der Waals surface area contributed by atoms with Crippen molar-refractivity contribution in [2.75, 3.05) is 0 Å². The fourth-order valence-corrected chi connectivity index (χ4v) is 4.65. The predicted octanol–water partition coefficient (Wildman–Crippen LogP) is 4.36. The van der Waals surface area contributed by atoms with Crippen LogP contribution in [0.15, 0.2) is 0 Å². The average Bonchev–Trinajstić information content (AvgIpc) is 2.29. The highest BCUT2D eigenvalue weighted by Crippen LogP contribution is 2.47. The number of hydrogen-bond acceptors (Lipinski definition) is 1. The van der Waals surface area contributed by atoms with Gasteiger partial charge in [-0.1, -0.05) is 46.5 Å². The van der Waals surface area contributed by atoms with Gasteiger partial charge in [0.05, 0.1) is 0 Å². The second-order valence-corrected chi connectivity index (χ2v) is 7.18. The minimum atomic E-state index is 0.159. The van der Waals surface area contributed by atoms with Crippen molar-refractivity contribution in [2.45, 2.75) is 77.7 Å². The quantitative estimate of drug-likeness (QED) is 0.759. The van der Waals surface area contributed by atoms with E-state index in [4.69, 9.17) is 5.73 Å². The molecule has 1 heteroatoms. The highest BCUT2D eigenvalue weighted by atomic mass is 14.8. The zero-order valence-electron chi connectivity index (χ0n) is 12.0. The van der Waals surface area contributed by atoms with E-state index in [-0.39, 0.29) is 5.54 Å². The molecule has 0 aliphatic heterocycles. The fourth-order valence-electron chi connectivity index (χ4n) is 4.65. The molecular weight excluding hydrogens is 206 g/mol. The largest absolute Gasteiger partial charge is 0.325 e. The van der Waals surface area contributed by atoms with E-state index in [1.54, 1.807) is 0 Å². The SMILES string of the molecule is CC1CCC(C(C)C)C(N)(C2CCCCC2)C1. The Bertz CT molecular complexity index is 242. The molecule has 2 fully saturated rings. The Labute approximate surface area is 108 Å². The monoisotopic (exact) mass is 237 g/mol. The molecule has 100 valence electrons. The lowest BCUT2D eigenvalue weighted by atomic mass is 9.58. The number of nitrogens with two attached hydrogens (primary N) is 1. The van der Waals surface area contributed by atoms with Crippen molar-refractivity contribution in [3.05, 3.63) is 0 Å². The first-order valence-corrected chi connectivity index (χ1v) is 7.83. The van der Waals surface area contributed by atoms with E-state index in [1.807, 2.05) is 0 Å². The van der Waals surface area contributed by atoms with Crippen molar-refractivity contribution in [3.63, 3.8) is 0 Å². The molecule has 3 atom stereocenters. The van der Waals surface area contributed by atoms with E-state index in [1.165, 1.54) is 51.4 Å². The van der Waals surface area contributed by atoms with Crippen LogP contribution in [0, 0.1) is 23.7 Å². The molecule has 2 rings (SSSR count). The Morgan fingerprint density at radius 1 is 1.00 bits per heavy atom. The van der Waals surface area contributed by atoms with E-state index >= 15 is 0 Å². The minimum absolute atomic E-state index is 0.159. The molecule has 0 radical (unpaired) electrons. The van der Waals surface area contributed by atoms with Crippen LogP contribution >= 0.6 is 0 Å². The third-order valence-corrected chi connectivity index (χ3v) is 5.53. The Kier molecular flexibility index (Phi) is 4.18. The van der Waals surface area contributed by atoms with Gasteiger partial charge in [-0.25, -0.2) is 0 Å². The molecule has 2 aliphatic rings. The predicted molar refractivity (Wildman–Crippen MR) is 74.8 cm³/mol. The van der Waals surface area contributed by atoms with Crippen LogP contribution in [0.25, 0.3) is 0 Å². The lowest BCUT2D eigenvalue weighted by Crippen LogP contribution is -2.58. The summed E-state index contributed by atoms with van der Waals surface area (Å²) in [5.41, 5.74) is 7.13. The molecule has 0 aromatic carbocycles. The molecule has 0 aromatic heterocycles. The molecule has 0 saturated heterocycles. The van der Waals surface area contributed by atoms with Crippen molar-refractivity contribution in [3.8, 4) is 0 Å². The molecule has 0 heterocycles. The minimum Gasteiger partial charge on any atom is -0.325 e. The first-order chi connectivity index (χ1) is 8.04. The van der Waals surface area contributed by atoms with Crippen molar-refractivity contribution in [2.24, 2.45) is 29.4 Å². The summed E-state index contributed by atoms with van der Waals surface area (Å²) in [5.74, 6) is 3.18. The zero-order chi connectivity index (χ0) is 12.5. The van der Waals surface area contributed by atoms with E-state index in [0.717, 1.165) is 23.7 Å². The lowest BCUT2D eigenvalue weighted by molar-refractivity contribution is 0.0404. The van der Waals surface area contributed by atoms with Crippen LogP contribution in [0.1, 0.15) is 72.1 Å². The van der Waals surface area contributed by atoms with E-state index in [0.29, 0.717) is 0 Å². The summed E-state index contributed by atoms with van der Waals surface area (Å²) in [6, 6.07) is 0. The van der Waals surface area contributed by atoms with Gasteiger partial charge in [0, 0.05) is 5.54 Å². The molecule has 0 aromatic rings. The summed E-state index contributed by atoms with van der Waals surface area (Å²) in [4.78, 5) is 0. The van der Waals surface area contributed by atoms with Gasteiger partial charge in [0.15, 0.2) is 0 Å². The lowest BCUT2D eigenvalue weighted by Gasteiger charge is -2.51. The Hall–Kier alpha value is -0.0400. The summed E-state index contributed by atoms with van der Waals surface area (Å²) < 4.78 is 0. The number of rotatable bonds is 2.